The lowest BCUT2D eigenvalue weighted by Gasteiger charge is -2.35. The number of Topliss-reactive ketones (excluding diaryl/α,β-unsaturated/α-hetero) is 1. The second-order valence-electron chi connectivity index (χ2n) is 11.6. The zero-order chi connectivity index (χ0) is 27.1. The van der Waals surface area contributed by atoms with Crippen LogP contribution in [0, 0.1) is 41.4 Å². The Morgan fingerprint density at radius 1 is 1.27 bits per heavy atom. The van der Waals surface area contributed by atoms with Gasteiger partial charge >= 0.3 is 0 Å². The zero-order valence-electron chi connectivity index (χ0n) is 24.3. The van der Waals surface area contributed by atoms with Crippen molar-refractivity contribution in [2.24, 2.45) is 46.4 Å². The summed E-state index contributed by atoms with van der Waals surface area (Å²) in [6, 6.07) is 0. The average molecular weight is 504 g/mol. The highest BCUT2D eigenvalue weighted by Gasteiger charge is 2.33. The minimum atomic E-state index is -0.0395. The van der Waals surface area contributed by atoms with Crippen LogP contribution in [0.4, 0.5) is 0 Å². The molecule has 5 unspecified atom stereocenters. The van der Waals surface area contributed by atoms with Crippen molar-refractivity contribution >= 4 is 11.5 Å². The highest BCUT2D eigenvalue weighted by Crippen LogP contribution is 2.39. The molecule has 0 bridgehead atoms. The molecule has 2 heterocycles. The topological polar surface area (TPSA) is 38.7 Å². The third kappa shape index (κ3) is 6.99. The molecule has 3 nitrogen and oxygen atoms in total. The maximum Gasteiger partial charge on any atom is 0.137 e. The second kappa shape index (κ2) is 13.5. The van der Waals surface area contributed by atoms with Crippen molar-refractivity contribution in [2.45, 2.75) is 74.1 Å². The summed E-state index contributed by atoms with van der Waals surface area (Å²) in [4.78, 5) is 17.6. The molecule has 2 aliphatic heterocycles. The van der Waals surface area contributed by atoms with Gasteiger partial charge in [-0.25, -0.2) is 0 Å². The van der Waals surface area contributed by atoms with Crippen molar-refractivity contribution in [3.05, 3.63) is 71.5 Å². The van der Waals surface area contributed by atoms with E-state index in [9.17, 15) is 4.79 Å². The number of hydrogen-bond donors (Lipinski definition) is 0. The molecule has 3 rings (SSSR count). The maximum atomic E-state index is 12.2. The van der Waals surface area contributed by atoms with Gasteiger partial charge in [-0.3, -0.25) is 9.79 Å². The quantitative estimate of drug-likeness (QED) is 0.280. The van der Waals surface area contributed by atoms with Gasteiger partial charge in [-0.15, -0.1) is 6.58 Å². The minimum Gasteiger partial charge on any atom is -0.381 e. The van der Waals surface area contributed by atoms with Crippen LogP contribution in [0.3, 0.4) is 0 Å². The van der Waals surface area contributed by atoms with Crippen molar-refractivity contribution in [1.82, 2.24) is 0 Å². The lowest BCUT2D eigenvalue weighted by molar-refractivity contribution is -0.120. The van der Waals surface area contributed by atoms with Gasteiger partial charge in [0, 0.05) is 48.3 Å². The molecule has 0 aromatic carbocycles. The third-order valence-corrected chi connectivity index (χ3v) is 8.71. The van der Waals surface area contributed by atoms with Gasteiger partial charge in [-0.05, 0) is 67.6 Å². The van der Waals surface area contributed by atoms with Crippen LogP contribution < -0.4 is 0 Å². The van der Waals surface area contributed by atoms with Crippen LogP contribution in [0.2, 0.25) is 0 Å². The number of carbonyl (C=O) groups excluding carboxylic acids is 1. The summed E-state index contributed by atoms with van der Waals surface area (Å²) in [5, 5.41) is 0. The normalized spacial score (nSPS) is 31.3. The van der Waals surface area contributed by atoms with Gasteiger partial charge in [0.1, 0.15) is 5.78 Å². The Kier molecular flexibility index (Phi) is 10.7. The van der Waals surface area contributed by atoms with E-state index in [0.717, 1.165) is 38.9 Å². The Morgan fingerprint density at radius 3 is 2.68 bits per heavy atom. The highest BCUT2D eigenvalue weighted by molar-refractivity contribution is 6.04. The summed E-state index contributed by atoms with van der Waals surface area (Å²) in [6.45, 7) is 21.0. The van der Waals surface area contributed by atoms with Gasteiger partial charge in [-0.1, -0.05) is 83.6 Å². The van der Waals surface area contributed by atoms with E-state index in [-0.39, 0.29) is 17.6 Å². The van der Waals surface area contributed by atoms with E-state index < -0.39 is 0 Å². The molecule has 1 saturated heterocycles. The molecule has 0 aromatic rings. The number of ether oxygens (including phenoxy) is 1. The number of hydrogen-bond acceptors (Lipinski definition) is 3. The van der Waals surface area contributed by atoms with E-state index in [1.165, 1.54) is 28.1 Å². The predicted molar refractivity (Wildman–Crippen MR) is 158 cm³/mol. The molecular weight excluding hydrogens is 454 g/mol. The van der Waals surface area contributed by atoms with Crippen molar-refractivity contribution in [2.75, 3.05) is 13.2 Å². The number of allylic oxidation sites excluding steroid dienone is 11. The van der Waals surface area contributed by atoms with E-state index in [0.29, 0.717) is 29.6 Å². The first-order chi connectivity index (χ1) is 17.7. The summed E-state index contributed by atoms with van der Waals surface area (Å²) in [5.41, 5.74) is 6.34. The SMILES string of the molecule is C=CC[C@H](C)C(CCC)C1=NC(C2CCOC[C@@H]2C)=CC(C)/C1=C\C=C(/C)C1=CC=CC(C(C)=O)C1C. The smallest absolute Gasteiger partial charge is 0.137 e. The summed E-state index contributed by atoms with van der Waals surface area (Å²) in [5.74, 6) is 2.54. The average Bonchev–Trinajstić information content (AvgIpc) is 2.86. The third-order valence-electron chi connectivity index (χ3n) is 8.71. The van der Waals surface area contributed by atoms with Crippen LogP contribution in [0.1, 0.15) is 74.1 Å². The number of rotatable bonds is 10. The summed E-state index contributed by atoms with van der Waals surface area (Å²) in [7, 11) is 0. The van der Waals surface area contributed by atoms with E-state index in [1.54, 1.807) is 6.92 Å². The number of nitrogens with zero attached hydrogens (tertiary/aromatic N) is 1. The van der Waals surface area contributed by atoms with Gasteiger partial charge in [0.25, 0.3) is 0 Å². The first kappa shape index (κ1) is 29.3. The summed E-state index contributed by atoms with van der Waals surface area (Å²) in [6.07, 6.45) is 19.6. The molecule has 37 heavy (non-hydrogen) atoms. The zero-order valence-corrected chi connectivity index (χ0v) is 24.3. The number of carbonyl (C=O) groups is 1. The molecule has 3 aliphatic rings. The fourth-order valence-corrected chi connectivity index (χ4v) is 6.39. The lowest BCUT2D eigenvalue weighted by Crippen LogP contribution is -2.32. The number of ketones is 1. The first-order valence-electron chi connectivity index (χ1n) is 14.5. The van der Waals surface area contributed by atoms with Gasteiger partial charge in [0.05, 0.1) is 0 Å². The minimum absolute atomic E-state index is 0.0395. The molecule has 0 N–H and O–H groups in total. The number of aliphatic imine (C=N–C) groups is 1. The standard InChI is InChI=1S/C34H49NO2/c1-9-12-22(3)30(13-10-2)34-31(24(5)20-33(35-34)29-18-19-37-21-25(29)6)17-16-23(4)28-14-11-15-32(26(28)7)27(8)36/h9,11,14-17,20,22,24-26,29-30,32H,1,10,12-13,18-19,21H2,2-8H3/b23-16+,31-17+/t22-,24?,25-,26?,29?,30?,32?/m0/s1. The molecule has 0 spiro atoms. The Labute approximate surface area is 226 Å². The van der Waals surface area contributed by atoms with Crippen LogP contribution in [-0.4, -0.2) is 24.7 Å². The van der Waals surface area contributed by atoms with Crippen LogP contribution >= 0.6 is 0 Å². The van der Waals surface area contributed by atoms with Gasteiger partial charge in [-0.2, -0.15) is 0 Å². The molecule has 1 fully saturated rings. The Balaban J connectivity index is 2.02. The first-order valence-corrected chi connectivity index (χ1v) is 14.5. The van der Waals surface area contributed by atoms with Crippen LogP contribution in [0.5, 0.6) is 0 Å². The fourth-order valence-electron chi connectivity index (χ4n) is 6.39. The van der Waals surface area contributed by atoms with Gasteiger partial charge < -0.3 is 4.74 Å². The van der Waals surface area contributed by atoms with E-state index in [4.69, 9.17) is 9.73 Å². The van der Waals surface area contributed by atoms with E-state index in [2.05, 4.69) is 78.5 Å². The maximum absolute atomic E-state index is 12.2. The van der Waals surface area contributed by atoms with Crippen LogP contribution in [0.25, 0.3) is 0 Å². The molecule has 0 amide bonds. The molecule has 0 radical (unpaired) electrons. The van der Waals surface area contributed by atoms with Gasteiger partial charge in [0.15, 0.2) is 0 Å². The summed E-state index contributed by atoms with van der Waals surface area (Å²) >= 11 is 0. The Bertz CT molecular complexity index is 1020. The molecule has 202 valence electrons. The van der Waals surface area contributed by atoms with Crippen molar-refractivity contribution in [3.63, 3.8) is 0 Å². The highest BCUT2D eigenvalue weighted by atomic mass is 16.5. The summed E-state index contributed by atoms with van der Waals surface area (Å²) < 4.78 is 5.75. The molecule has 1 aliphatic carbocycles. The molecule has 7 atom stereocenters. The van der Waals surface area contributed by atoms with Crippen LogP contribution in [0.15, 0.2) is 76.5 Å². The molecule has 0 aromatic heterocycles. The van der Waals surface area contributed by atoms with Crippen molar-refractivity contribution in [3.8, 4) is 0 Å². The monoisotopic (exact) mass is 503 g/mol. The van der Waals surface area contributed by atoms with Gasteiger partial charge in [0.2, 0.25) is 0 Å². The molecule has 3 heteroatoms. The van der Waals surface area contributed by atoms with Crippen molar-refractivity contribution < 1.29 is 9.53 Å². The molecular formula is C34H49NO2. The molecule has 0 saturated carbocycles. The van der Waals surface area contributed by atoms with Crippen LogP contribution in [-0.2, 0) is 9.53 Å². The Hall–Kier alpha value is -2.26. The lowest BCUT2D eigenvalue weighted by atomic mass is 9.75. The Morgan fingerprint density at radius 2 is 2.03 bits per heavy atom. The van der Waals surface area contributed by atoms with E-state index >= 15 is 0 Å². The predicted octanol–water partition coefficient (Wildman–Crippen LogP) is 8.47. The largest absolute Gasteiger partial charge is 0.381 e. The van der Waals surface area contributed by atoms with E-state index in [1.807, 2.05) is 12.2 Å². The second-order valence-corrected chi connectivity index (χ2v) is 11.6. The fraction of sp³-hybridized carbons (Fsp3) is 0.588. The van der Waals surface area contributed by atoms with Crippen molar-refractivity contribution in [1.29, 1.82) is 0 Å².